The Morgan fingerprint density at radius 3 is 2.38 bits per heavy atom. The van der Waals surface area contributed by atoms with Crippen LogP contribution in [0.25, 0.3) is 0 Å². The van der Waals surface area contributed by atoms with E-state index >= 15 is 0 Å². The third-order valence-corrected chi connectivity index (χ3v) is 11.2. The summed E-state index contributed by atoms with van der Waals surface area (Å²) in [5.74, 6) is -0.288. The lowest BCUT2D eigenvalue weighted by Gasteiger charge is -2.47. The van der Waals surface area contributed by atoms with Crippen LogP contribution in [0.1, 0.15) is 47.9 Å². The highest BCUT2D eigenvalue weighted by Gasteiger charge is 2.61. The van der Waals surface area contributed by atoms with Gasteiger partial charge in [-0.05, 0) is 83.2 Å². The van der Waals surface area contributed by atoms with E-state index in [1.807, 2.05) is 52.3 Å². The second-order valence-electron chi connectivity index (χ2n) is 12.9. The molecule has 4 heterocycles. The lowest BCUT2D eigenvalue weighted by Crippen LogP contribution is -2.57. The number of anilines is 1. The van der Waals surface area contributed by atoms with Gasteiger partial charge in [0.15, 0.2) is 0 Å². The van der Waals surface area contributed by atoms with E-state index in [0.29, 0.717) is 47.4 Å². The second kappa shape index (κ2) is 13.1. The van der Waals surface area contributed by atoms with Crippen molar-refractivity contribution in [1.29, 1.82) is 0 Å². The lowest BCUT2D eigenvalue weighted by atomic mass is 9.59. The number of fused-ring (bicyclic) bond motifs is 2. The molecule has 47 heavy (non-hydrogen) atoms. The van der Waals surface area contributed by atoms with Gasteiger partial charge >= 0.3 is 6.03 Å². The van der Waals surface area contributed by atoms with Crippen LogP contribution < -0.4 is 15.4 Å². The summed E-state index contributed by atoms with van der Waals surface area (Å²) >= 11 is 15.1. The van der Waals surface area contributed by atoms with Crippen molar-refractivity contribution in [2.45, 2.75) is 42.7 Å². The Balaban J connectivity index is 1.23. The average molecular weight is 789 g/mol. The van der Waals surface area contributed by atoms with Gasteiger partial charge in [-0.25, -0.2) is 4.79 Å². The molecule has 1 unspecified atom stereocenters. The van der Waals surface area contributed by atoms with Gasteiger partial charge in [-0.1, -0.05) is 41.4 Å². The number of benzene rings is 3. The van der Waals surface area contributed by atoms with E-state index in [1.165, 1.54) is 0 Å². The molecule has 2 N–H and O–H groups in total. The third-order valence-electron chi connectivity index (χ3n) is 10.1. The van der Waals surface area contributed by atoms with Crippen molar-refractivity contribution in [2.24, 2.45) is 0 Å². The molecule has 4 aliphatic heterocycles. The van der Waals surface area contributed by atoms with Crippen LogP contribution in [-0.4, -0.2) is 85.0 Å². The van der Waals surface area contributed by atoms with Gasteiger partial charge in [0.2, 0.25) is 11.8 Å². The molecule has 3 atom stereocenters. The standard InChI is InChI=1S/C35H36Cl2IN5O4/c1-41-13-15-43(16-14-41)34(46)42-11-9-25(10-12-42)47-30-8-6-24(38)19-26(30)32-35(27-7-5-23(37)18-29(27)39-33(35)45)28(20-31(44)40-32)21-3-2-4-22(36)17-21/h2-8,17-19,25,28,32H,9-16,20H2,1H3,(H,39,45)(H,40,44)/t28-,32+,35?/m0/s1. The molecule has 0 saturated carbocycles. The van der Waals surface area contributed by atoms with E-state index in [4.69, 9.17) is 27.9 Å². The highest BCUT2D eigenvalue weighted by Crippen LogP contribution is 2.58. The molecule has 0 radical (unpaired) electrons. The summed E-state index contributed by atoms with van der Waals surface area (Å²) < 4.78 is 7.68. The minimum absolute atomic E-state index is 0.0939. The molecule has 0 bridgehead atoms. The Kier molecular flexibility index (Phi) is 9.05. The number of piperidine rings is 2. The molecule has 3 saturated heterocycles. The number of hydrogen-bond donors (Lipinski definition) is 2. The third kappa shape index (κ3) is 6.06. The van der Waals surface area contributed by atoms with Crippen molar-refractivity contribution in [3.05, 3.63) is 91.0 Å². The van der Waals surface area contributed by atoms with Gasteiger partial charge in [0.1, 0.15) is 17.3 Å². The molecule has 12 heteroatoms. The monoisotopic (exact) mass is 787 g/mol. The number of likely N-dealkylation sites (N-methyl/N-ethyl adjacent to an activating group) is 1. The zero-order valence-electron chi connectivity index (χ0n) is 26.0. The van der Waals surface area contributed by atoms with Crippen molar-refractivity contribution in [3.8, 4) is 5.75 Å². The molecule has 7 rings (SSSR count). The summed E-state index contributed by atoms with van der Waals surface area (Å²) in [6, 6.07) is 18.1. The SMILES string of the molecule is CN1CCN(C(=O)N2CCC(Oc3ccc(I)cc3[C@H]3NC(=O)C[C@@H](c4cccc(Cl)c4)C34C(=O)Nc3cc(Cl)ccc34)CC2)CC1. The van der Waals surface area contributed by atoms with E-state index in [1.54, 1.807) is 18.2 Å². The minimum Gasteiger partial charge on any atom is -0.490 e. The number of nitrogens with zero attached hydrogens (tertiary/aromatic N) is 3. The Bertz CT molecular complexity index is 1730. The number of likely N-dealkylation sites (tertiary alicyclic amines) is 1. The topological polar surface area (TPSA) is 94.2 Å². The average Bonchev–Trinajstić information content (AvgIpc) is 3.33. The molecule has 0 aliphatic carbocycles. The number of carbonyl (C=O) groups excluding carboxylic acids is 3. The normalized spacial score (nSPS) is 25.0. The van der Waals surface area contributed by atoms with Gasteiger partial charge in [-0.15, -0.1) is 0 Å². The zero-order chi connectivity index (χ0) is 32.9. The van der Waals surface area contributed by atoms with E-state index in [2.05, 4.69) is 45.2 Å². The van der Waals surface area contributed by atoms with Gasteiger partial charge in [-0.2, -0.15) is 0 Å². The number of halogens is 3. The molecule has 4 amide bonds. The number of ether oxygens (including phenoxy) is 1. The highest BCUT2D eigenvalue weighted by atomic mass is 127. The summed E-state index contributed by atoms with van der Waals surface area (Å²) in [5, 5.41) is 7.35. The highest BCUT2D eigenvalue weighted by molar-refractivity contribution is 14.1. The Hall–Kier alpha value is -3.06. The van der Waals surface area contributed by atoms with Gasteiger partial charge in [0.25, 0.3) is 0 Å². The van der Waals surface area contributed by atoms with E-state index < -0.39 is 17.4 Å². The van der Waals surface area contributed by atoms with Gasteiger partial charge in [-0.3, -0.25) is 9.59 Å². The first-order valence-electron chi connectivity index (χ1n) is 16.0. The van der Waals surface area contributed by atoms with Crippen molar-refractivity contribution in [3.63, 3.8) is 0 Å². The molecule has 246 valence electrons. The van der Waals surface area contributed by atoms with Crippen LogP contribution in [0, 0.1) is 3.57 Å². The number of urea groups is 1. The Morgan fingerprint density at radius 1 is 0.915 bits per heavy atom. The molecule has 3 aromatic rings. The fourth-order valence-electron chi connectivity index (χ4n) is 7.66. The summed E-state index contributed by atoms with van der Waals surface area (Å²) in [6.07, 6.45) is 1.33. The molecule has 0 aromatic heterocycles. The van der Waals surface area contributed by atoms with Gasteiger partial charge in [0.05, 0.1) is 6.04 Å². The van der Waals surface area contributed by atoms with E-state index in [-0.39, 0.29) is 30.4 Å². The molecule has 3 aromatic carbocycles. The quantitative estimate of drug-likeness (QED) is 0.315. The van der Waals surface area contributed by atoms with Crippen LogP contribution in [0.15, 0.2) is 60.7 Å². The Labute approximate surface area is 298 Å². The molecular weight excluding hydrogens is 752 g/mol. The van der Waals surface area contributed by atoms with E-state index in [9.17, 15) is 14.4 Å². The first-order valence-corrected chi connectivity index (χ1v) is 17.8. The minimum atomic E-state index is -1.21. The first-order chi connectivity index (χ1) is 22.6. The van der Waals surface area contributed by atoms with Crippen LogP contribution in [0.5, 0.6) is 5.75 Å². The van der Waals surface area contributed by atoms with Gasteiger partial charge in [0, 0.05) is 89.3 Å². The van der Waals surface area contributed by atoms with Gasteiger partial charge < -0.3 is 30.1 Å². The summed E-state index contributed by atoms with van der Waals surface area (Å²) in [4.78, 5) is 47.4. The Morgan fingerprint density at radius 2 is 1.64 bits per heavy atom. The molecular formula is C35H36Cl2IN5O4. The van der Waals surface area contributed by atoms with E-state index in [0.717, 1.165) is 46.4 Å². The van der Waals surface area contributed by atoms with Crippen LogP contribution in [0.3, 0.4) is 0 Å². The number of hydrogen-bond acceptors (Lipinski definition) is 5. The fourth-order valence-corrected chi connectivity index (χ4v) is 8.55. The maximum absolute atomic E-state index is 14.5. The molecule has 9 nitrogen and oxygen atoms in total. The first kappa shape index (κ1) is 32.5. The van der Waals surface area contributed by atoms with Crippen molar-refractivity contribution >= 4 is 69.3 Å². The molecule has 1 spiro atoms. The second-order valence-corrected chi connectivity index (χ2v) is 15.0. The smallest absolute Gasteiger partial charge is 0.320 e. The lowest BCUT2D eigenvalue weighted by molar-refractivity contribution is -0.131. The van der Waals surface area contributed by atoms with Crippen LogP contribution >= 0.6 is 45.8 Å². The maximum atomic E-state index is 14.5. The molecule has 4 aliphatic rings. The maximum Gasteiger partial charge on any atom is 0.320 e. The van der Waals surface area contributed by atoms with Crippen molar-refractivity contribution in [2.75, 3.05) is 51.6 Å². The number of amides is 4. The largest absolute Gasteiger partial charge is 0.490 e. The van der Waals surface area contributed by atoms with Crippen LogP contribution in [0.4, 0.5) is 10.5 Å². The summed E-state index contributed by atoms with van der Waals surface area (Å²) in [7, 11) is 2.08. The summed E-state index contributed by atoms with van der Waals surface area (Å²) in [5.41, 5.74) is 1.72. The number of carbonyl (C=O) groups is 3. The van der Waals surface area contributed by atoms with Crippen LogP contribution in [-0.2, 0) is 15.0 Å². The fraction of sp³-hybridized carbons (Fsp3) is 0.400. The summed E-state index contributed by atoms with van der Waals surface area (Å²) in [6.45, 7) is 4.46. The number of piperazine rings is 1. The van der Waals surface area contributed by atoms with Crippen LogP contribution in [0.2, 0.25) is 10.0 Å². The molecule has 3 fully saturated rings. The number of nitrogens with one attached hydrogen (secondary N) is 2. The van der Waals surface area contributed by atoms with Crippen molar-refractivity contribution < 1.29 is 19.1 Å². The zero-order valence-corrected chi connectivity index (χ0v) is 29.6. The number of rotatable bonds is 4. The predicted molar refractivity (Wildman–Crippen MR) is 190 cm³/mol. The van der Waals surface area contributed by atoms with Crippen molar-refractivity contribution in [1.82, 2.24) is 20.0 Å². The predicted octanol–water partition coefficient (Wildman–Crippen LogP) is 6.04.